The van der Waals surface area contributed by atoms with Crippen molar-refractivity contribution >= 4 is 5.71 Å². The first kappa shape index (κ1) is 12.2. The van der Waals surface area contributed by atoms with Gasteiger partial charge in [-0.2, -0.15) is 5.26 Å². The second-order valence-electron chi connectivity index (χ2n) is 5.75. The summed E-state index contributed by atoms with van der Waals surface area (Å²) in [4.78, 5) is 0. The number of nitrogens with zero attached hydrogens (tertiary/aromatic N) is 2. The van der Waals surface area contributed by atoms with Crippen molar-refractivity contribution in [3.05, 3.63) is 41.1 Å². The van der Waals surface area contributed by atoms with Gasteiger partial charge in [-0.3, -0.25) is 0 Å². The molecule has 3 heteroatoms. The minimum Gasteiger partial charge on any atom is -0.623 e. The van der Waals surface area contributed by atoms with Gasteiger partial charge in [0.2, 0.25) is 5.71 Å². The van der Waals surface area contributed by atoms with E-state index in [1.165, 1.54) is 12.8 Å². The van der Waals surface area contributed by atoms with Crippen molar-refractivity contribution in [3.8, 4) is 6.07 Å². The molecule has 1 unspecified atom stereocenters. The third-order valence-electron chi connectivity index (χ3n) is 4.62. The van der Waals surface area contributed by atoms with E-state index in [2.05, 4.69) is 6.07 Å². The predicted molar refractivity (Wildman–Crippen MR) is 73.7 cm³/mol. The summed E-state index contributed by atoms with van der Waals surface area (Å²) in [5.74, 6) is 0. The van der Waals surface area contributed by atoms with E-state index in [-0.39, 0.29) is 11.5 Å². The van der Waals surface area contributed by atoms with Crippen LogP contribution in [0.3, 0.4) is 0 Å². The molecule has 0 saturated heterocycles. The fourth-order valence-electron chi connectivity index (χ4n) is 3.83. The Kier molecular flexibility index (Phi) is 3.02. The highest BCUT2D eigenvalue weighted by Crippen LogP contribution is 2.48. The van der Waals surface area contributed by atoms with Crippen molar-refractivity contribution in [2.75, 3.05) is 0 Å². The van der Waals surface area contributed by atoms with Crippen LogP contribution in [0.15, 0.2) is 30.3 Å². The smallest absolute Gasteiger partial charge is 0.201 e. The minimum atomic E-state index is -0.154. The number of hydrogen-bond donors (Lipinski definition) is 0. The van der Waals surface area contributed by atoms with E-state index in [1.807, 2.05) is 30.3 Å². The monoisotopic (exact) mass is 254 g/mol. The van der Waals surface area contributed by atoms with E-state index in [0.717, 1.165) is 35.3 Å². The molecule has 0 bridgehead atoms. The number of hydrogen-bond acceptors (Lipinski definition) is 2. The molecule has 1 atom stereocenters. The number of nitriles is 1. The molecule has 1 aromatic carbocycles. The average molecular weight is 254 g/mol. The molecule has 0 radical (unpaired) electrons. The van der Waals surface area contributed by atoms with E-state index in [4.69, 9.17) is 5.26 Å². The second kappa shape index (κ2) is 4.70. The summed E-state index contributed by atoms with van der Waals surface area (Å²) in [6.45, 7) is 0. The molecule has 19 heavy (non-hydrogen) atoms. The number of hydroxylamine groups is 1. The van der Waals surface area contributed by atoms with Gasteiger partial charge in [0.15, 0.2) is 6.04 Å². The van der Waals surface area contributed by atoms with Crippen LogP contribution in [0.25, 0.3) is 0 Å². The normalized spacial score (nSPS) is 24.9. The Hall–Kier alpha value is -1.82. The van der Waals surface area contributed by atoms with Gasteiger partial charge >= 0.3 is 0 Å². The Morgan fingerprint density at radius 1 is 1.26 bits per heavy atom. The molecule has 1 spiro atoms. The van der Waals surface area contributed by atoms with Gasteiger partial charge in [0.1, 0.15) is 0 Å². The van der Waals surface area contributed by atoms with Crippen molar-refractivity contribution in [2.45, 2.75) is 44.6 Å². The van der Waals surface area contributed by atoms with Crippen LogP contribution in [-0.4, -0.2) is 16.5 Å². The second-order valence-corrected chi connectivity index (χ2v) is 5.75. The van der Waals surface area contributed by atoms with Gasteiger partial charge in [0.25, 0.3) is 0 Å². The van der Waals surface area contributed by atoms with Crippen LogP contribution in [0, 0.1) is 22.0 Å². The lowest BCUT2D eigenvalue weighted by Gasteiger charge is -2.21. The highest BCUT2D eigenvalue weighted by molar-refractivity contribution is 6.02. The van der Waals surface area contributed by atoms with Gasteiger partial charge in [-0.05, 0) is 25.0 Å². The summed E-state index contributed by atoms with van der Waals surface area (Å²) >= 11 is 0. The van der Waals surface area contributed by atoms with Gasteiger partial charge in [0, 0.05) is 12.0 Å². The summed E-state index contributed by atoms with van der Waals surface area (Å²) in [5.41, 5.74) is 2.01. The minimum absolute atomic E-state index is 0.0324. The van der Waals surface area contributed by atoms with Crippen molar-refractivity contribution in [2.24, 2.45) is 5.41 Å². The molecule has 98 valence electrons. The number of rotatable bonds is 2. The summed E-state index contributed by atoms with van der Waals surface area (Å²) in [6, 6.07) is 12.0. The van der Waals surface area contributed by atoms with Crippen molar-refractivity contribution in [3.63, 3.8) is 0 Å². The van der Waals surface area contributed by atoms with Gasteiger partial charge < -0.3 is 5.21 Å². The Labute approximate surface area is 113 Å². The molecule has 3 nitrogen and oxygen atoms in total. The summed E-state index contributed by atoms with van der Waals surface area (Å²) < 4.78 is 1.14. The van der Waals surface area contributed by atoms with Crippen LogP contribution >= 0.6 is 0 Å². The van der Waals surface area contributed by atoms with E-state index in [9.17, 15) is 5.21 Å². The SMILES string of the molecule is N#CCC1CC2(CCCC2)C(c2ccccc2)=[N+]1[O-]. The van der Waals surface area contributed by atoms with Gasteiger partial charge in [0.05, 0.1) is 17.9 Å². The fourth-order valence-corrected chi connectivity index (χ4v) is 3.83. The zero-order chi connectivity index (χ0) is 13.3. The first-order chi connectivity index (χ1) is 9.27. The molecule has 1 aliphatic heterocycles. The maximum absolute atomic E-state index is 12.6. The average Bonchev–Trinajstić information content (AvgIpc) is 2.98. The maximum atomic E-state index is 12.6. The highest BCUT2D eigenvalue weighted by atomic mass is 16.5. The number of benzene rings is 1. The lowest BCUT2D eigenvalue weighted by molar-refractivity contribution is -0.490. The highest BCUT2D eigenvalue weighted by Gasteiger charge is 2.52. The van der Waals surface area contributed by atoms with Crippen LogP contribution in [0.4, 0.5) is 0 Å². The Bertz CT molecular complexity index is 536. The molecule has 2 aliphatic rings. The molecule has 1 heterocycles. The van der Waals surface area contributed by atoms with Gasteiger partial charge in [-0.15, -0.1) is 0 Å². The maximum Gasteiger partial charge on any atom is 0.201 e. The van der Waals surface area contributed by atoms with Crippen molar-refractivity contribution in [1.82, 2.24) is 0 Å². The first-order valence-electron chi connectivity index (χ1n) is 7.03. The van der Waals surface area contributed by atoms with E-state index in [0.29, 0.717) is 6.42 Å². The van der Waals surface area contributed by atoms with Crippen LogP contribution in [0.1, 0.15) is 44.1 Å². The molecule has 0 N–H and O–H groups in total. The van der Waals surface area contributed by atoms with Crippen LogP contribution in [0.2, 0.25) is 0 Å². The van der Waals surface area contributed by atoms with Crippen LogP contribution in [0.5, 0.6) is 0 Å². The third kappa shape index (κ3) is 1.92. The quantitative estimate of drug-likeness (QED) is 0.601. The summed E-state index contributed by atoms with van der Waals surface area (Å²) in [5, 5.41) is 21.5. The van der Waals surface area contributed by atoms with Crippen LogP contribution in [-0.2, 0) is 0 Å². The molecular weight excluding hydrogens is 236 g/mol. The largest absolute Gasteiger partial charge is 0.623 e. The molecule has 3 rings (SSSR count). The van der Waals surface area contributed by atoms with Gasteiger partial charge in [-0.25, -0.2) is 4.74 Å². The lowest BCUT2D eigenvalue weighted by Crippen LogP contribution is -2.27. The fraction of sp³-hybridized carbons (Fsp3) is 0.500. The molecule has 1 aliphatic carbocycles. The Balaban J connectivity index is 2.07. The standard InChI is InChI=1S/C16H18N2O/c17-11-8-14-12-16(9-4-5-10-16)15(18(14)19)13-6-2-1-3-7-13/h1-3,6-7,14H,4-5,8-10,12H2. The van der Waals surface area contributed by atoms with Crippen molar-refractivity contribution < 1.29 is 4.74 Å². The topological polar surface area (TPSA) is 49.9 Å². The predicted octanol–water partition coefficient (Wildman–Crippen LogP) is 3.23. The van der Waals surface area contributed by atoms with Crippen molar-refractivity contribution in [1.29, 1.82) is 5.26 Å². The van der Waals surface area contributed by atoms with E-state index >= 15 is 0 Å². The van der Waals surface area contributed by atoms with E-state index < -0.39 is 0 Å². The molecule has 1 saturated carbocycles. The molecule has 0 aromatic heterocycles. The Morgan fingerprint density at radius 3 is 2.58 bits per heavy atom. The molecule has 1 aromatic rings. The summed E-state index contributed by atoms with van der Waals surface area (Å²) in [6.07, 6.45) is 5.78. The van der Waals surface area contributed by atoms with E-state index in [1.54, 1.807) is 0 Å². The molecular formula is C16H18N2O. The molecule has 0 amide bonds. The lowest BCUT2D eigenvalue weighted by atomic mass is 9.76. The summed E-state index contributed by atoms with van der Waals surface area (Å²) in [7, 11) is 0. The third-order valence-corrected chi connectivity index (χ3v) is 4.62. The molecule has 1 fully saturated rings. The zero-order valence-corrected chi connectivity index (χ0v) is 11.0. The first-order valence-corrected chi connectivity index (χ1v) is 7.03. The van der Waals surface area contributed by atoms with Gasteiger partial charge in [-0.1, -0.05) is 31.0 Å². The Morgan fingerprint density at radius 2 is 1.95 bits per heavy atom. The van der Waals surface area contributed by atoms with Crippen LogP contribution < -0.4 is 0 Å². The zero-order valence-electron chi connectivity index (χ0n) is 11.0.